The number of carbonyl (C=O) groups is 1. The largest absolute Gasteiger partial charge is 0.415 e. The van der Waals surface area contributed by atoms with Gasteiger partial charge in [0, 0.05) is 17.3 Å². The highest BCUT2D eigenvalue weighted by Crippen LogP contribution is 2.36. The molecular formula is C21H30N2O5Si. The molecule has 158 valence electrons. The highest BCUT2D eigenvalue weighted by atomic mass is 28.4. The van der Waals surface area contributed by atoms with Crippen molar-refractivity contribution in [3.05, 3.63) is 68.5 Å². The van der Waals surface area contributed by atoms with E-state index in [4.69, 9.17) is 4.43 Å². The molecule has 8 heteroatoms. The van der Waals surface area contributed by atoms with Crippen molar-refractivity contribution in [2.75, 3.05) is 13.2 Å². The molecule has 0 aliphatic rings. The molecule has 0 saturated carbocycles. The fourth-order valence-electron chi connectivity index (χ4n) is 2.59. The van der Waals surface area contributed by atoms with Crippen LogP contribution in [0.25, 0.3) is 0 Å². The standard InChI is InChI=1S/C21H30N2O5Si/c1-15-12-22(17(13-24)14-28-29(5,6)21(2,3)4)20(27)23(18(15)25)19(26)16-10-8-7-9-11-16/h7-12,17,24H,13-14H2,1-6H3. The predicted molar refractivity (Wildman–Crippen MR) is 115 cm³/mol. The summed E-state index contributed by atoms with van der Waals surface area (Å²) in [5.41, 5.74) is -0.976. The summed E-state index contributed by atoms with van der Waals surface area (Å²) < 4.78 is 8.01. The lowest BCUT2D eigenvalue weighted by atomic mass is 10.2. The van der Waals surface area contributed by atoms with Crippen molar-refractivity contribution >= 4 is 14.2 Å². The molecule has 29 heavy (non-hydrogen) atoms. The molecule has 1 aromatic carbocycles. The lowest BCUT2D eigenvalue weighted by molar-refractivity contribution is 0.0941. The summed E-state index contributed by atoms with van der Waals surface area (Å²) in [7, 11) is -2.11. The summed E-state index contributed by atoms with van der Waals surface area (Å²) >= 11 is 0. The average molecular weight is 419 g/mol. The van der Waals surface area contributed by atoms with Crippen LogP contribution in [0.15, 0.2) is 46.1 Å². The van der Waals surface area contributed by atoms with Gasteiger partial charge in [0.05, 0.1) is 19.3 Å². The number of aliphatic hydroxyl groups is 1. The maximum Gasteiger partial charge on any atom is 0.338 e. The Kier molecular flexibility index (Phi) is 6.82. The zero-order valence-corrected chi connectivity index (χ0v) is 18.9. The van der Waals surface area contributed by atoms with Crippen LogP contribution in [0.1, 0.15) is 42.7 Å². The Labute approximate surface area is 171 Å². The summed E-state index contributed by atoms with van der Waals surface area (Å²) in [6.45, 7) is 11.8. The number of rotatable bonds is 6. The molecule has 0 amide bonds. The Morgan fingerprint density at radius 2 is 1.76 bits per heavy atom. The number of aryl methyl sites for hydroxylation is 1. The van der Waals surface area contributed by atoms with E-state index < -0.39 is 31.5 Å². The summed E-state index contributed by atoms with van der Waals surface area (Å²) in [6.07, 6.45) is 1.38. The van der Waals surface area contributed by atoms with Gasteiger partial charge in [-0.15, -0.1) is 0 Å². The second-order valence-corrected chi connectivity index (χ2v) is 13.5. The van der Waals surface area contributed by atoms with Gasteiger partial charge in [-0.05, 0) is 37.2 Å². The quantitative estimate of drug-likeness (QED) is 0.728. The molecule has 0 aliphatic carbocycles. The zero-order chi connectivity index (χ0) is 22.0. The molecule has 1 heterocycles. The molecule has 0 spiro atoms. The lowest BCUT2D eigenvalue weighted by Crippen LogP contribution is -2.48. The molecule has 7 nitrogen and oxygen atoms in total. The van der Waals surface area contributed by atoms with Gasteiger partial charge in [0.1, 0.15) is 0 Å². The third-order valence-corrected chi connectivity index (χ3v) is 10.1. The number of nitrogens with zero attached hydrogens (tertiary/aromatic N) is 2. The van der Waals surface area contributed by atoms with E-state index in [-0.39, 0.29) is 29.4 Å². The van der Waals surface area contributed by atoms with Crippen molar-refractivity contribution in [1.29, 1.82) is 0 Å². The van der Waals surface area contributed by atoms with E-state index in [1.807, 2.05) is 0 Å². The van der Waals surface area contributed by atoms with E-state index in [1.54, 1.807) is 30.3 Å². The molecule has 2 rings (SSSR count). The van der Waals surface area contributed by atoms with E-state index in [9.17, 15) is 19.5 Å². The number of aromatic nitrogens is 2. The van der Waals surface area contributed by atoms with Crippen LogP contribution in [0, 0.1) is 6.92 Å². The van der Waals surface area contributed by atoms with E-state index in [2.05, 4.69) is 33.9 Å². The molecule has 0 radical (unpaired) electrons. The van der Waals surface area contributed by atoms with Crippen molar-refractivity contribution in [3.63, 3.8) is 0 Å². The molecule has 0 bridgehead atoms. The number of benzene rings is 1. The molecule has 1 unspecified atom stereocenters. The van der Waals surface area contributed by atoms with Gasteiger partial charge in [-0.1, -0.05) is 39.0 Å². The molecule has 1 atom stereocenters. The maximum atomic E-state index is 13.0. The van der Waals surface area contributed by atoms with Gasteiger partial charge in [-0.25, -0.2) is 4.79 Å². The van der Waals surface area contributed by atoms with Crippen LogP contribution < -0.4 is 11.2 Å². The van der Waals surface area contributed by atoms with Gasteiger partial charge in [0.15, 0.2) is 8.32 Å². The highest BCUT2D eigenvalue weighted by molar-refractivity contribution is 6.74. The number of aliphatic hydroxyl groups excluding tert-OH is 1. The first-order chi connectivity index (χ1) is 13.4. The minimum Gasteiger partial charge on any atom is -0.415 e. The van der Waals surface area contributed by atoms with Crippen LogP contribution in [0.3, 0.4) is 0 Å². The average Bonchev–Trinajstić information content (AvgIpc) is 2.65. The molecule has 2 aromatic rings. The van der Waals surface area contributed by atoms with Crippen LogP contribution in [-0.2, 0) is 4.43 Å². The second kappa shape index (κ2) is 8.60. The Morgan fingerprint density at radius 3 is 2.28 bits per heavy atom. The number of hydrogen-bond acceptors (Lipinski definition) is 5. The third kappa shape index (κ3) is 4.83. The van der Waals surface area contributed by atoms with E-state index in [0.717, 1.165) is 0 Å². The molecular weight excluding hydrogens is 388 g/mol. The number of carbonyl (C=O) groups excluding carboxylic acids is 1. The Bertz CT molecular complexity index is 987. The SMILES string of the molecule is Cc1cn(C(CO)CO[Si](C)(C)C(C)(C)C)c(=O)n(C(=O)c2ccccc2)c1=O. The minimum absolute atomic E-state index is 0.0318. The van der Waals surface area contributed by atoms with Crippen LogP contribution in [0.4, 0.5) is 0 Å². The van der Waals surface area contributed by atoms with Gasteiger partial charge < -0.3 is 9.53 Å². The maximum absolute atomic E-state index is 13.0. The van der Waals surface area contributed by atoms with Gasteiger partial charge in [-0.2, -0.15) is 4.57 Å². The first kappa shape index (κ1) is 23.0. The molecule has 1 N–H and O–H groups in total. The molecule has 0 fully saturated rings. The van der Waals surface area contributed by atoms with E-state index >= 15 is 0 Å². The normalized spacial score (nSPS) is 13.3. The van der Waals surface area contributed by atoms with Crippen molar-refractivity contribution in [2.45, 2.75) is 51.9 Å². The topological polar surface area (TPSA) is 90.5 Å². The summed E-state index contributed by atoms with van der Waals surface area (Å²) in [6, 6.07) is 7.46. The summed E-state index contributed by atoms with van der Waals surface area (Å²) in [5.74, 6) is -0.694. The van der Waals surface area contributed by atoms with Crippen LogP contribution in [-0.4, -0.2) is 41.7 Å². The molecule has 0 aliphatic heterocycles. The van der Waals surface area contributed by atoms with Gasteiger partial charge >= 0.3 is 5.69 Å². The second-order valence-electron chi connectivity index (χ2n) is 8.72. The van der Waals surface area contributed by atoms with Crippen molar-refractivity contribution in [3.8, 4) is 0 Å². The summed E-state index contributed by atoms with van der Waals surface area (Å²) in [5, 5.41) is 9.88. The first-order valence-corrected chi connectivity index (χ1v) is 12.5. The Morgan fingerprint density at radius 1 is 1.17 bits per heavy atom. The van der Waals surface area contributed by atoms with Gasteiger partial charge in [0.2, 0.25) is 0 Å². The smallest absolute Gasteiger partial charge is 0.338 e. The molecule has 0 saturated heterocycles. The first-order valence-electron chi connectivity index (χ1n) is 9.60. The minimum atomic E-state index is -2.11. The van der Waals surface area contributed by atoms with Gasteiger partial charge in [0.25, 0.3) is 11.5 Å². The highest BCUT2D eigenvalue weighted by Gasteiger charge is 2.37. The Hall–Kier alpha value is -2.29. The van der Waals surface area contributed by atoms with Crippen LogP contribution >= 0.6 is 0 Å². The van der Waals surface area contributed by atoms with Crippen LogP contribution in [0.5, 0.6) is 0 Å². The van der Waals surface area contributed by atoms with Crippen molar-refractivity contribution < 1.29 is 14.3 Å². The van der Waals surface area contributed by atoms with Gasteiger partial charge in [-0.3, -0.25) is 14.2 Å². The Balaban J connectivity index is 2.48. The fraction of sp³-hybridized carbons (Fsp3) is 0.476. The van der Waals surface area contributed by atoms with E-state index in [1.165, 1.54) is 17.7 Å². The molecule has 1 aromatic heterocycles. The number of hydrogen-bond donors (Lipinski definition) is 1. The summed E-state index contributed by atoms with van der Waals surface area (Å²) in [4.78, 5) is 38.4. The van der Waals surface area contributed by atoms with Crippen molar-refractivity contribution in [1.82, 2.24) is 9.13 Å². The predicted octanol–water partition coefficient (Wildman–Crippen LogP) is 2.56. The van der Waals surface area contributed by atoms with Crippen molar-refractivity contribution in [2.24, 2.45) is 0 Å². The lowest BCUT2D eigenvalue weighted by Gasteiger charge is -2.37. The third-order valence-electron chi connectivity index (χ3n) is 5.56. The zero-order valence-electron chi connectivity index (χ0n) is 17.9. The van der Waals surface area contributed by atoms with Crippen LogP contribution in [0.2, 0.25) is 18.1 Å². The fourth-order valence-corrected chi connectivity index (χ4v) is 3.63. The monoisotopic (exact) mass is 418 g/mol. The van der Waals surface area contributed by atoms with E-state index in [0.29, 0.717) is 4.57 Å².